The van der Waals surface area contributed by atoms with Gasteiger partial charge >= 0.3 is 6.18 Å². The molecule has 1 aliphatic carbocycles. The molecule has 0 saturated carbocycles. The Bertz CT molecular complexity index is 2200. The molecule has 13 heteroatoms. The Labute approximate surface area is 302 Å². The zero-order chi connectivity index (χ0) is 36.2. The van der Waals surface area contributed by atoms with E-state index in [1.54, 1.807) is 18.3 Å². The molecule has 0 fully saturated rings. The zero-order valence-corrected chi connectivity index (χ0v) is 29.2. The highest BCUT2D eigenvalue weighted by molar-refractivity contribution is 7.98. The maximum absolute atomic E-state index is 13.6. The Balaban J connectivity index is 1.20. The van der Waals surface area contributed by atoms with E-state index in [0.717, 1.165) is 64.4 Å². The van der Waals surface area contributed by atoms with Crippen molar-refractivity contribution in [2.45, 2.75) is 62.5 Å². The van der Waals surface area contributed by atoms with E-state index < -0.39 is 11.7 Å². The Morgan fingerprint density at radius 3 is 2.17 bits per heavy atom. The van der Waals surface area contributed by atoms with E-state index >= 15 is 0 Å². The van der Waals surface area contributed by atoms with Crippen LogP contribution in [0.5, 0.6) is 0 Å². The summed E-state index contributed by atoms with van der Waals surface area (Å²) in [6.07, 6.45) is -0.349. The molecule has 0 aliphatic heterocycles. The Morgan fingerprint density at radius 2 is 1.48 bits per heavy atom. The van der Waals surface area contributed by atoms with Gasteiger partial charge in [0.25, 0.3) is 5.56 Å². The number of fused-ring (bicyclic) bond motifs is 1. The lowest BCUT2D eigenvalue weighted by molar-refractivity contribution is -0.137. The maximum Gasteiger partial charge on any atom is 0.416 e. The minimum atomic E-state index is -4.39. The summed E-state index contributed by atoms with van der Waals surface area (Å²) < 4.78 is 57.1. The molecule has 3 aromatic heterocycles. The topological polar surface area (TPSA) is 81.7 Å². The molecule has 0 atom stereocenters. The minimum absolute atomic E-state index is 0.211. The second kappa shape index (κ2) is 15.2. The fraction of sp³-hybridized carbons (Fsp3) is 0.256. The standard InChI is InChI=1S/C39H35F4N7OS/c1-48(22-32-5-2-3-20-44-32)23-35-46-47-36(50(35)21-26-8-12-28(13-9-26)29-14-16-30(17-15-29)39(41,42)43)24-49-34-7-4-6-33(34)37(51)45-38(49)52-25-27-10-18-31(40)19-11-27/h2-3,5,8-20H,4,6-7,21-25H2,1H3. The van der Waals surface area contributed by atoms with Gasteiger partial charge < -0.3 is 9.13 Å². The van der Waals surface area contributed by atoms with Gasteiger partial charge in [-0.05, 0) is 85.0 Å². The van der Waals surface area contributed by atoms with Gasteiger partial charge in [0.05, 0.1) is 30.9 Å². The van der Waals surface area contributed by atoms with Crippen LogP contribution in [0.15, 0.2) is 107 Å². The molecule has 8 nitrogen and oxygen atoms in total. The van der Waals surface area contributed by atoms with E-state index in [1.165, 1.54) is 36.0 Å². The summed E-state index contributed by atoms with van der Waals surface area (Å²) in [7, 11) is 1.99. The largest absolute Gasteiger partial charge is 0.416 e. The Kier molecular flexibility index (Phi) is 10.3. The number of alkyl halides is 3. The van der Waals surface area contributed by atoms with E-state index in [4.69, 9.17) is 0 Å². The number of nitrogens with zero attached hydrogens (tertiary/aromatic N) is 7. The van der Waals surface area contributed by atoms with Gasteiger partial charge in [0.2, 0.25) is 0 Å². The number of benzene rings is 3. The first-order chi connectivity index (χ1) is 25.1. The molecule has 1 aliphatic rings. The molecular weight excluding hydrogens is 691 g/mol. The first-order valence-electron chi connectivity index (χ1n) is 16.9. The molecule has 6 aromatic rings. The number of hydrogen-bond acceptors (Lipinski definition) is 7. The van der Waals surface area contributed by atoms with Crippen molar-refractivity contribution in [3.05, 3.63) is 159 Å². The highest BCUT2D eigenvalue weighted by atomic mass is 32.2. The predicted molar refractivity (Wildman–Crippen MR) is 191 cm³/mol. The molecule has 7 rings (SSSR count). The number of rotatable bonds is 12. The summed E-state index contributed by atoms with van der Waals surface area (Å²) in [6, 6.07) is 25.0. The van der Waals surface area contributed by atoms with Gasteiger partial charge in [-0.25, -0.2) is 4.39 Å². The van der Waals surface area contributed by atoms with Gasteiger partial charge in [0, 0.05) is 29.8 Å². The lowest BCUT2D eigenvalue weighted by atomic mass is 10.0. The van der Waals surface area contributed by atoms with Crippen molar-refractivity contribution in [3.8, 4) is 11.1 Å². The average Bonchev–Trinajstić information content (AvgIpc) is 3.78. The van der Waals surface area contributed by atoms with Gasteiger partial charge in [-0.2, -0.15) is 18.2 Å². The molecule has 0 radical (unpaired) electrons. The Hall–Kier alpha value is -5.14. The van der Waals surface area contributed by atoms with E-state index in [0.29, 0.717) is 54.9 Å². The van der Waals surface area contributed by atoms with Crippen LogP contribution in [0.3, 0.4) is 0 Å². The SMILES string of the molecule is CN(Cc1ccccn1)Cc1nnc(Cn2c(SCc3ccc(F)cc3)nc(=O)c3c2CCC3)n1Cc1ccc(-c2ccc(C(F)(F)F)cc2)cc1. The molecule has 0 saturated heterocycles. The number of thioether (sulfide) groups is 1. The number of hydrogen-bond donors (Lipinski definition) is 0. The molecule has 3 aromatic carbocycles. The highest BCUT2D eigenvalue weighted by Crippen LogP contribution is 2.31. The van der Waals surface area contributed by atoms with Crippen LogP contribution < -0.4 is 5.56 Å². The van der Waals surface area contributed by atoms with Crippen molar-refractivity contribution in [1.29, 1.82) is 0 Å². The van der Waals surface area contributed by atoms with Crippen LogP contribution in [0.4, 0.5) is 17.6 Å². The third-order valence-electron chi connectivity index (χ3n) is 9.10. The summed E-state index contributed by atoms with van der Waals surface area (Å²) in [5.41, 5.74) is 5.06. The van der Waals surface area contributed by atoms with E-state index in [1.807, 2.05) is 49.5 Å². The second-order valence-electron chi connectivity index (χ2n) is 12.9. The van der Waals surface area contributed by atoms with Crippen LogP contribution >= 0.6 is 11.8 Å². The van der Waals surface area contributed by atoms with E-state index in [9.17, 15) is 22.4 Å². The van der Waals surface area contributed by atoms with E-state index in [2.05, 4.69) is 34.2 Å². The van der Waals surface area contributed by atoms with Crippen LogP contribution in [0.2, 0.25) is 0 Å². The minimum Gasteiger partial charge on any atom is -0.316 e. The second-order valence-corrected chi connectivity index (χ2v) is 13.8. The first kappa shape index (κ1) is 35.3. The molecule has 0 amide bonds. The van der Waals surface area contributed by atoms with Crippen LogP contribution in [0.1, 0.15) is 51.7 Å². The molecule has 0 unspecified atom stereocenters. The number of halogens is 4. The zero-order valence-electron chi connectivity index (χ0n) is 28.4. The smallest absolute Gasteiger partial charge is 0.316 e. The van der Waals surface area contributed by atoms with Crippen LogP contribution in [0, 0.1) is 5.82 Å². The predicted octanol–water partition coefficient (Wildman–Crippen LogP) is 7.56. The van der Waals surface area contributed by atoms with Crippen molar-refractivity contribution >= 4 is 11.8 Å². The van der Waals surface area contributed by atoms with Crippen molar-refractivity contribution in [3.63, 3.8) is 0 Å². The molecule has 266 valence electrons. The molecule has 52 heavy (non-hydrogen) atoms. The third kappa shape index (κ3) is 8.16. The fourth-order valence-corrected chi connectivity index (χ4v) is 7.39. The summed E-state index contributed by atoms with van der Waals surface area (Å²) in [4.78, 5) is 24.2. The van der Waals surface area contributed by atoms with Crippen LogP contribution in [-0.2, 0) is 50.9 Å². The molecule has 0 spiro atoms. The van der Waals surface area contributed by atoms with Crippen LogP contribution in [0.25, 0.3) is 11.1 Å². The quantitative estimate of drug-likeness (QED) is 0.0732. The first-order valence-corrected chi connectivity index (χ1v) is 17.8. The monoisotopic (exact) mass is 725 g/mol. The van der Waals surface area contributed by atoms with Gasteiger partial charge in [0.15, 0.2) is 11.0 Å². The molecule has 0 N–H and O–H groups in total. The average molecular weight is 726 g/mol. The fourth-order valence-electron chi connectivity index (χ4n) is 6.42. The molecule has 3 heterocycles. The summed E-state index contributed by atoms with van der Waals surface area (Å²) in [5.74, 6) is 1.63. The van der Waals surface area contributed by atoms with Crippen molar-refractivity contribution < 1.29 is 17.6 Å². The lowest BCUT2D eigenvalue weighted by Crippen LogP contribution is -2.24. The van der Waals surface area contributed by atoms with Crippen molar-refractivity contribution in [2.75, 3.05) is 7.05 Å². The van der Waals surface area contributed by atoms with Crippen molar-refractivity contribution in [2.24, 2.45) is 0 Å². The van der Waals surface area contributed by atoms with Gasteiger partial charge in [-0.15, -0.1) is 10.2 Å². The number of aromatic nitrogens is 6. The van der Waals surface area contributed by atoms with Gasteiger partial charge in [-0.3, -0.25) is 14.7 Å². The van der Waals surface area contributed by atoms with Gasteiger partial charge in [-0.1, -0.05) is 66.4 Å². The summed E-state index contributed by atoms with van der Waals surface area (Å²) in [6.45, 7) is 1.87. The molecule has 0 bridgehead atoms. The van der Waals surface area contributed by atoms with Gasteiger partial charge in [0.1, 0.15) is 11.6 Å². The lowest BCUT2D eigenvalue weighted by Gasteiger charge is -2.19. The summed E-state index contributed by atoms with van der Waals surface area (Å²) >= 11 is 1.43. The number of pyridine rings is 1. The highest BCUT2D eigenvalue weighted by Gasteiger charge is 2.30. The molecular formula is C39H35F4N7OS. The maximum atomic E-state index is 13.6. The van der Waals surface area contributed by atoms with Crippen LogP contribution in [-0.4, -0.2) is 41.2 Å². The Morgan fingerprint density at radius 1 is 0.788 bits per heavy atom. The van der Waals surface area contributed by atoms with Crippen molar-refractivity contribution in [1.82, 2.24) is 34.2 Å². The normalized spacial score (nSPS) is 12.8. The third-order valence-corrected chi connectivity index (χ3v) is 10.1. The van der Waals surface area contributed by atoms with E-state index in [-0.39, 0.29) is 11.4 Å². The summed E-state index contributed by atoms with van der Waals surface area (Å²) in [5, 5.41) is 9.89.